The van der Waals surface area contributed by atoms with Gasteiger partial charge in [-0.05, 0) is 50.5 Å². The van der Waals surface area contributed by atoms with Crippen molar-refractivity contribution >= 4 is 12.0 Å². The number of likely N-dealkylation sites (tertiary alicyclic amines) is 1. The lowest BCUT2D eigenvalue weighted by molar-refractivity contribution is -0.128. The van der Waals surface area contributed by atoms with Crippen molar-refractivity contribution in [2.75, 3.05) is 27.3 Å². The zero-order valence-electron chi connectivity index (χ0n) is 17.3. The van der Waals surface area contributed by atoms with Gasteiger partial charge in [0.05, 0.1) is 20.8 Å². The lowest BCUT2D eigenvalue weighted by atomic mass is 10.1. The van der Waals surface area contributed by atoms with Gasteiger partial charge in [-0.2, -0.15) is 4.98 Å². The molecule has 0 radical (unpaired) electrons. The van der Waals surface area contributed by atoms with Crippen LogP contribution >= 0.6 is 0 Å². The third-order valence-corrected chi connectivity index (χ3v) is 4.75. The average molecular weight is 397 g/mol. The summed E-state index contributed by atoms with van der Waals surface area (Å²) in [6, 6.07) is 7.36. The fraction of sp³-hybridized carbons (Fsp3) is 0.409. The Morgan fingerprint density at radius 2 is 1.93 bits per heavy atom. The zero-order chi connectivity index (χ0) is 20.8. The molecular weight excluding hydrogens is 370 g/mol. The number of methoxy groups -OCH3 is 2. The summed E-state index contributed by atoms with van der Waals surface area (Å²) in [5, 5.41) is 0. The van der Waals surface area contributed by atoms with Gasteiger partial charge < -0.3 is 19.1 Å². The normalized spacial score (nSPS) is 16.7. The summed E-state index contributed by atoms with van der Waals surface area (Å²) in [4.78, 5) is 23.1. The van der Waals surface area contributed by atoms with E-state index in [4.69, 9.17) is 14.2 Å². The van der Waals surface area contributed by atoms with Crippen molar-refractivity contribution in [2.24, 2.45) is 0 Å². The predicted octanol–water partition coefficient (Wildman–Crippen LogP) is 3.19. The highest BCUT2D eigenvalue weighted by atomic mass is 16.5. The van der Waals surface area contributed by atoms with Crippen molar-refractivity contribution in [3.63, 3.8) is 0 Å². The maximum atomic E-state index is 12.7. The molecule has 2 heterocycles. The first-order chi connectivity index (χ1) is 14.0. The van der Waals surface area contributed by atoms with Crippen LogP contribution in [0.25, 0.3) is 6.08 Å². The summed E-state index contributed by atoms with van der Waals surface area (Å²) in [5.74, 6) is 2.49. The number of rotatable bonds is 6. The van der Waals surface area contributed by atoms with E-state index < -0.39 is 0 Å². The molecule has 0 bridgehead atoms. The lowest BCUT2D eigenvalue weighted by Crippen LogP contribution is -2.43. The van der Waals surface area contributed by atoms with Crippen LogP contribution < -0.4 is 14.2 Å². The topological polar surface area (TPSA) is 73.8 Å². The van der Waals surface area contributed by atoms with E-state index in [0.717, 1.165) is 30.6 Å². The molecule has 0 saturated carbocycles. The third kappa shape index (κ3) is 5.47. The van der Waals surface area contributed by atoms with E-state index in [0.29, 0.717) is 29.7 Å². The van der Waals surface area contributed by atoms with Crippen LogP contribution in [0.3, 0.4) is 0 Å². The molecule has 7 nitrogen and oxygen atoms in total. The number of carbonyl (C=O) groups is 1. The molecule has 2 aromatic rings. The molecule has 7 heteroatoms. The number of benzene rings is 1. The van der Waals surface area contributed by atoms with E-state index in [9.17, 15) is 4.79 Å². The molecule has 1 aliphatic rings. The standard InChI is InChI=1S/C22H27N3O4/c1-15-12-21(24-16(2)23-15)29-18-6-5-11-25(14-18)22(26)10-8-17-7-9-19(27-3)20(13-17)28-4/h7-10,12-13,18H,5-6,11,14H2,1-4H3/b10-8+. The van der Waals surface area contributed by atoms with Crippen LogP contribution in [-0.2, 0) is 4.79 Å². The predicted molar refractivity (Wildman–Crippen MR) is 110 cm³/mol. The van der Waals surface area contributed by atoms with Gasteiger partial charge in [0.2, 0.25) is 11.8 Å². The first-order valence-electron chi connectivity index (χ1n) is 9.66. The Kier molecular flexibility index (Phi) is 6.69. The Morgan fingerprint density at radius 3 is 2.66 bits per heavy atom. The Labute approximate surface area is 171 Å². The molecule has 0 spiro atoms. The molecule has 0 N–H and O–H groups in total. The highest BCUT2D eigenvalue weighted by Gasteiger charge is 2.24. The minimum Gasteiger partial charge on any atom is -0.493 e. The summed E-state index contributed by atoms with van der Waals surface area (Å²) < 4.78 is 16.6. The highest BCUT2D eigenvalue weighted by molar-refractivity contribution is 5.92. The van der Waals surface area contributed by atoms with Crippen molar-refractivity contribution in [1.29, 1.82) is 0 Å². The number of hydrogen-bond acceptors (Lipinski definition) is 6. The fourth-order valence-corrected chi connectivity index (χ4v) is 3.38. The second-order valence-corrected chi connectivity index (χ2v) is 7.01. The van der Waals surface area contributed by atoms with E-state index >= 15 is 0 Å². The second-order valence-electron chi connectivity index (χ2n) is 7.01. The number of ether oxygens (including phenoxy) is 3. The molecule has 1 aromatic heterocycles. The molecule has 154 valence electrons. The maximum absolute atomic E-state index is 12.7. The molecule has 1 saturated heterocycles. The number of aromatic nitrogens is 2. The first-order valence-corrected chi connectivity index (χ1v) is 9.66. The fourth-order valence-electron chi connectivity index (χ4n) is 3.38. The Morgan fingerprint density at radius 1 is 1.14 bits per heavy atom. The highest BCUT2D eigenvalue weighted by Crippen LogP contribution is 2.28. The number of nitrogens with zero attached hydrogens (tertiary/aromatic N) is 3. The van der Waals surface area contributed by atoms with Gasteiger partial charge in [-0.1, -0.05) is 6.07 Å². The van der Waals surface area contributed by atoms with Gasteiger partial charge >= 0.3 is 0 Å². The van der Waals surface area contributed by atoms with E-state index in [2.05, 4.69) is 9.97 Å². The molecule has 29 heavy (non-hydrogen) atoms. The van der Waals surface area contributed by atoms with E-state index in [1.54, 1.807) is 26.4 Å². The van der Waals surface area contributed by atoms with E-state index in [-0.39, 0.29) is 12.0 Å². The SMILES string of the molecule is COc1ccc(/C=C/C(=O)N2CCCC(Oc3cc(C)nc(C)n3)C2)cc1OC. The largest absolute Gasteiger partial charge is 0.493 e. The quantitative estimate of drug-likeness (QED) is 0.697. The van der Waals surface area contributed by atoms with Crippen molar-refractivity contribution in [3.8, 4) is 17.4 Å². The molecular formula is C22H27N3O4. The van der Waals surface area contributed by atoms with Crippen LogP contribution in [-0.4, -0.2) is 54.2 Å². The number of aryl methyl sites for hydroxylation is 2. The van der Waals surface area contributed by atoms with Gasteiger partial charge in [-0.25, -0.2) is 4.98 Å². The van der Waals surface area contributed by atoms with Gasteiger partial charge in [0.25, 0.3) is 0 Å². The van der Waals surface area contributed by atoms with Crippen LogP contribution in [0.4, 0.5) is 0 Å². The molecule has 1 unspecified atom stereocenters. The van der Waals surface area contributed by atoms with Crippen LogP contribution in [0.5, 0.6) is 17.4 Å². The summed E-state index contributed by atoms with van der Waals surface area (Å²) >= 11 is 0. The molecule has 1 aromatic carbocycles. The van der Waals surface area contributed by atoms with Crippen molar-refractivity contribution in [3.05, 3.63) is 47.4 Å². The summed E-state index contributed by atoms with van der Waals surface area (Å²) in [5.41, 5.74) is 1.74. The minimum atomic E-state index is -0.0733. The Bertz CT molecular complexity index is 877. The van der Waals surface area contributed by atoms with E-state index in [1.165, 1.54) is 0 Å². The van der Waals surface area contributed by atoms with E-state index in [1.807, 2.05) is 43.0 Å². The average Bonchev–Trinajstić information content (AvgIpc) is 2.71. The summed E-state index contributed by atoms with van der Waals surface area (Å²) in [7, 11) is 3.18. The monoisotopic (exact) mass is 397 g/mol. The smallest absolute Gasteiger partial charge is 0.246 e. The van der Waals surface area contributed by atoms with Crippen LogP contribution in [0, 0.1) is 13.8 Å². The van der Waals surface area contributed by atoms with Gasteiger partial charge in [0.15, 0.2) is 11.5 Å². The third-order valence-electron chi connectivity index (χ3n) is 4.75. The number of hydrogen-bond donors (Lipinski definition) is 0. The molecule has 1 atom stereocenters. The molecule has 0 aliphatic carbocycles. The molecule has 3 rings (SSSR count). The van der Waals surface area contributed by atoms with Crippen LogP contribution in [0.15, 0.2) is 30.3 Å². The maximum Gasteiger partial charge on any atom is 0.246 e. The van der Waals surface area contributed by atoms with Crippen LogP contribution in [0.2, 0.25) is 0 Å². The van der Waals surface area contributed by atoms with Crippen molar-refractivity contribution in [2.45, 2.75) is 32.8 Å². The first kappa shape index (κ1) is 20.6. The number of carbonyl (C=O) groups excluding carboxylic acids is 1. The van der Waals surface area contributed by atoms with Gasteiger partial charge in [0.1, 0.15) is 11.9 Å². The number of piperidine rings is 1. The van der Waals surface area contributed by atoms with Crippen molar-refractivity contribution in [1.82, 2.24) is 14.9 Å². The second kappa shape index (κ2) is 9.41. The minimum absolute atomic E-state index is 0.0388. The molecule has 1 amide bonds. The Hall–Kier alpha value is -3.09. The van der Waals surface area contributed by atoms with Crippen molar-refractivity contribution < 1.29 is 19.0 Å². The number of amides is 1. The molecule has 1 aliphatic heterocycles. The molecule has 1 fully saturated rings. The Balaban J connectivity index is 1.62. The lowest BCUT2D eigenvalue weighted by Gasteiger charge is -2.32. The van der Waals surface area contributed by atoms with Gasteiger partial charge in [-0.15, -0.1) is 0 Å². The zero-order valence-corrected chi connectivity index (χ0v) is 17.3. The van der Waals surface area contributed by atoms with Gasteiger partial charge in [0, 0.05) is 24.4 Å². The summed E-state index contributed by atoms with van der Waals surface area (Å²) in [6.07, 6.45) is 5.08. The summed E-state index contributed by atoms with van der Waals surface area (Å²) in [6.45, 7) is 5.01. The van der Waals surface area contributed by atoms with Gasteiger partial charge in [-0.3, -0.25) is 4.79 Å². The van der Waals surface area contributed by atoms with Crippen LogP contribution in [0.1, 0.15) is 29.9 Å².